The Hall–Kier alpha value is -2.06. The van der Waals surface area contributed by atoms with Gasteiger partial charge in [0.05, 0.1) is 16.7 Å². The number of pyridine rings is 1. The second-order valence-corrected chi connectivity index (χ2v) is 8.47. The van der Waals surface area contributed by atoms with E-state index in [0.29, 0.717) is 12.5 Å². The van der Waals surface area contributed by atoms with Crippen LogP contribution in [-0.4, -0.2) is 26.0 Å². The summed E-state index contributed by atoms with van der Waals surface area (Å²) in [6.45, 7) is 9.66. The van der Waals surface area contributed by atoms with Crippen molar-refractivity contribution < 1.29 is 9.53 Å². The summed E-state index contributed by atoms with van der Waals surface area (Å²) in [5.41, 5.74) is 8.03. The van der Waals surface area contributed by atoms with Gasteiger partial charge in [0.15, 0.2) is 5.65 Å². The number of rotatable bonds is 5. The van der Waals surface area contributed by atoms with Crippen molar-refractivity contribution in [2.75, 3.05) is 0 Å². The molecule has 3 rings (SSSR count). The van der Waals surface area contributed by atoms with Crippen molar-refractivity contribution in [1.29, 1.82) is 0 Å². The Morgan fingerprint density at radius 1 is 1.39 bits per heavy atom. The number of nitrogens with two attached hydrogens (primary N) is 2. The highest BCUT2D eigenvalue weighted by atomic mass is 79.9. The lowest BCUT2D eigenvalue weighted by Gasteiger charge is -2.20. The number of hydrazine groups is 1. The van der Waals surface area contributed by atoms with E-state index in [9.17, 15) is 4.79 Å². The molecular weight excluding hydrogens is 422 g/mol. The summed E-state index contributed by atoms with van der Waals surface area (Å²) in [5, 5.41) is 1.33. The lowest BCUT2D eigenvalue weighted by atomic mass is 10.2. The van der Waals surface area contributed by atoms with Crippen molar-refractivity contribution in [3.05, 3.63) is 46.1 Å². The van der Waals surface area contributed by atoms with Crippen molar-refractivity contribution in [3.63, 3.8) is 0 Å². The van der Waals surface area contributed by atoms with Gasteiger partial charge in [-0.1, -0.05) is 13.8 Å². The fraction of sp³-hybridized carbons (Fsp3) is 0.500. The monoisotopic (exact) mass is 451 g/mol. The van der Waals surface area contributed by atoms with E-state index in [-0.39, 0.29) is 5.70 Å². The first-order valence-electron chi connectivity index (χ1n) is 9.51. The predicted octanol–water partition coefficient (Wildman–Crippen LogP) is 3.82. The number of nitrogens with zero attached hydrogens (tertiary/aromatic N) is 3. The zero-order valence-corrected chi connectivity index (χ0v) is 18.8. The third-order valence-corrected chi connectivity index (χ3v) is 4.49. The van der Waals surface area contributed by atoms with E-state index in [1.165, 1.54) is 29.6 Å². The summed E-state index contributed by atoms with van der Waals surface area (Å²) >= 11 is 3.59. The molecule has 1 fully saturated rings. The van der Waals surface area contributed by atoms with E-state index in [4.69, 9.17) is 16.3 Å². The third-order valence-electron chi connectivity index (χ3n) is 3.91. The van der Waals surface area contributed by atoms with Crippen molar-refractivity contribution in [2.24, 2.45) is 11.6 Å². The fourth-order valence-electron chi connectivity index (χ4n) is 2.65. The molecule has 8 heteroatoms. The minimum Gasteiger partial charge on any atom is -0.455 e. The van der Waals surface area contributed by atoms with E-state index >= 15 is 0 Å². The summed E-state index contributed by atoms with van der Waals surface area (Å²) in [6.07, 6.45) is 7.89. The zero-order valence-electron chi connectivity index (χ0n) is 17.2. The molecule has 1 aliphatic rings. The lowest BCUT2D eigenvalue weighted by molar-refractivity contribution is -0.150. The first-order chi connectivity index (χ1) is 13.1. The van der Waals surface area contributed by atoms with E-state index < -0.39 is 11.6 Å². The van der Waals surface area contributed by atoms with Gasteiger partial charge in [-0.15, -0.1) is 0 Å². The Kier molecular flexibility index (Phi) is 7.11. The number of aromatic nitrogens is 2. The van der Waals surface area contributed by atoms with Gasteiger partial charge in [-0.2, -0.15) is 0 Å². The molecule has 2 aromatic heterocycles. The van der Waals surface area contributed by atoms with Crippen LogP contribution in [0.2, 0.25) is 0 Å². The molecule has 0 amide bonds. The Morgan fingerprint density at radius 2 is 2.04 bits per heavy atom. The molecule has 0 spiro atoms. The standard InChI is InChI=1S/C18H24BrN5O2.C2H6/c1-18(2,3)26-17(25)15(20)10-24(21)9-13-8-23-7-12(11-4-5-11)6-14(19)16(23)22-13;1-2/h6-8,10-11H,4-5,9,20-21H2,1-3H3;1-2H3/b15-10-;. The number of hydrogen-bond donors (Lipinski definition) is 2. The summed E-state index contributed by atoms with van der Waals surface area (Å²) in [4.78, 5) is 16.5. The van der Waals surface area contributed by atoms with Crippen LogP contribution in [0.4, 0.5) is 0 Å². The zero-order chi connectivity index (χ0) is 21.1. The Bertz CT molecular complexity index is 865. The van der Waals surface area contributed by atoms with Gasteiger partial charge in [-0.25, -0.2) is 15.6 Å². The maximum absolute atomic E-state index is 11.9. The molecule has 0 saturated heterocycles. The van der Waals surface area contributed by atoms with Crippen LogP contribution < -0.4 is 11.6 Å². The normalized spacial score (nSPS) is 14.5. The molecule has 2 heterocycles. The summed E-state index contributed by atoms with van der Waals surface area (Å²) in [7, 11) is 0. The lowest BCUT2D eigenvalue weighted by Crippen LogP contribution is -2.31. The molecule has 7 nitrogen and oxygen atoms in total. The highest BCUT2D eigenvalue weighted by Gasteiger charge is 2.25. The highest BCUT2D eigenvalue weighted by molar-refractivity contribution is 9.10. The van der Waals surface area contributed by atoms with Gasteiger partial charge in [0.1, 0.15) is 11.3 Å². The first kappa shape index (κ1) is 22.2. The number of hydrogen-bond acceptors (Lipinski definition) is 6. The Balaban J connectivity index is 0.00000136. The van der Waals surface area contributed by atoms with Crippen LogP contribution in [0.5, 0.6) is 0 Å². The van der Waals surface area contributed by atoms with Gasteiger partial charge in [-0.05, 0) is 67.1 Å². The number of carbonyl (C=O) groups is 1. The number of esters is 1. The number of carbonyl (C=O) groups excluding carboxylic acids is 1. The Labute approximate surface area is 174 Å². The fourth-order valence-corrected chi connectivity index (χ4v) is 3.20. The van der Waals surface area contributed by atoms with Crippen molar-refractivity contribution in [1.82, 2.24) is 14.4 Å². The second kappa shape index (κ2) is 8.96. The summed E-state index contributed by atoms with van der Waals surface area (Å²) < 4.78 is 8.18. The highest BCUT2D eigenvalue weighted by Crippen LogP contribution is 2.41. The molecule has 28 heavy (non-hydrogen) atoms. The van der Waals surface area contributed by atoms with Gasteiger partial charge in [-0.3, -0.25) is 0 Å². The maximum atomic E-state index is 11.9. The molecule has 0 bridgehead atoms. The molecule has 0 aliphatic heterocycles. The number of ether oxygens (including phenoxy) is 1. The van der Waals surface area contributed by atoms with Crippen LogP contribution in [0.1, 0.15) is 64.6 Å². The minimum atomic E-state index is -0.609. The van der Waals surface area contributed by atoms with Crippen LogP contribution in [0.15, 0.2) is 34.8 Å². The quantitative estimate of drug-likeness (QED) is 0.310. The maximum Gasteiger partial charge on any atom is 0.356 e. The third kappa shape index (κ3) is 5.97. The summed E-state index contributed by atoms with van der Waals surface area (Å²) in [6, 6.07) is 2.13. The smallest absolute Gasteiger partial charge is 0.356 e. The number of halogens is 1. The SMILES string of the molecule is CC.CC(C)(C)OC(=O)/C(N)=C/N(N)Cc1cn2cc(C3CC3)cc(Br)c2n1. The average molecular weight is 452 g/mol. The molecule has 0 radical (unpaired) electrons. The van der Waals surface area contributed by atoms with E-state index in [2.05, 4.69) is 33.2 Å². The van der Waals surface area contributed by atoms with Crippen molar-refractivity contribution >= 4 is 27.5 Å². The number of fused-ring (bicyclic) bond motifs is 1. The van der Waals surface area contributed by atoms with Gasteiger partial charge in [0, 0.05) is 18.6 Å². The molecule has 154 valence electrons. The van der Waals surface area contributed by atoms with E-state index in [1.807, 2.05) is 24.4 Å². The average Bonchev–Trinajstić information content (AvgIpc) is 3.36. The van der Waals surface area contributed by atoms with Crippen molar-refractivity contribution in [3.8, 4) is 0 Å². The van der Waals surface area contributed by atoms with E-state index in [1.54, 1.807) is 20.8 Å². The van der Waals surface area contributed by atoms with Crippen LogP contribution in [0.25, 0.3) is 5.65 Å². The van der Waals surface area contributed by atoms with Gasteiger partial charge < -0.3 is 19.9 Å². The van der Waals surface area contributed by atoms with Crippen LogP contribution in [0, 0.1) is 0 Å². The number of imidazole rings is 1. The molecule has 0 atom stereocenters. The molecular formula is C20H30BrN5O2. The topological polar surface area (TPSA) is 98.9 Å². The first-order valence-corrected chi connectivity index (χ1v) is 10.3. The summed E-state index contributed by atoms with van der Waals surface area (Å²) in [5.74, 6) is 6.02. The van der Waals surface area contributed by atoms with Gasteiger partial charge in [0.2, 0.25) is 0 Å². The van der Waals surface area contributed by atoms with Crippen LogP contribution in [0.3, 0.4) is 0 Å². The predicted molar refractivity (Wildman–Crippen MR) is 114 cm³/mol. The largest absolute Gasteiger partial charge is 0.455 e. The molecule has 1 aliphatic carbocycles. The Morgan fingerprint density at radius 3 is 2.61 bits per heavy atom. The van der Waals surface area contributed by atoms with Gasteiger partial charge >= 0.3 is 5.97 Å². The molecule has 0 unspecified atom stereocenters. The minimum absolute atomic E-state index is 0.0524. The second-order valence-electron chi connectivity index (χ2n) is 7.62. The molecule has 4 N–H and O–H groups in total. The molecule has 2 aromatic rings. The van der Waals surface area contributed by atoms with Crippen LogP contribution in [-0.2, 0) is 16.1 Å². The van der Waals surface area contributed by atoms with Crippen LogP contribution >= 0.6 is 15.9 Å². The van der Waals surface area contributed by atoms with Crippen molar-refractivity contribution in [2.45, 2.75) is 65.5 Å². The van der Waals surface area contributed by atoms with E-state index in [0.717, 1.165) is 15.8 Å². The van der Waals surface area contributed by atoms with Gasteiger partial charge in [0.25, 0.3) is 0 Å². The molecule has 0 aromatic carbocycles. The molecule has 1 saturated carbocycles.